The Hall–Kier alpha value is -1.95. The molecule has 4 nitrogen and oxygen atoms in total. The number of carbonyl (C=O) groups is 1. The van der Waals surface area contributed by atoms with Crippen LogP contribution < -0.4 is 11.1 Å². The highest BCUT2D eigenvalue weighted by Crippen LogP contribution is 2.19. The minimum absolute atomic E-state index is 0.181. The van der Waals surface area contributed by atoms with Crippen molar-refractivity contribution in [3.05, 3.63) is 40.7 Å². The molecule has 88 valence electrons. The van der Waals surface area contributed by atoms with E-state index >= 15 is 0 Å². The van der Waals surface area contributed by atoms with Crippen molar-refractivity contribution in [2.45, 2.75) is 6.92 Å². The molecule has 0 radical (unpaired) electrons. The summed E-state index contributed by atoms with van der Waals surface area (Å²) in [5, 5.41) is 4.76. The minimum atomic E-state index is -0.491. The fourth-order valence-corrected chi connectivity index (χ4v) is 1.81. The van der Waals surface area contributed by atoms with Gasteiger partial charge in [0.25, 0.3) is 5.91 Å². The van der Waals surface area contributed by atoms with Crippen molar-refractivity contribution in [1.29, 1.82) is 0 Å². The zero-order valence-corrected chi connectivity index (χ0v) is 9.84. The van der Waals surface area contributed by atoms with Gasteiger partial charge in [0.15, 0.2) is 5.13 Å². The van der Waals surface area contributed by atoms with Crippen LogP contribution in [-0.4, -0.2) is 10.9 Å². The molecule has 17 heavy (non-hydrogen) atoms. The van der Waals surface area contributed by atoms with E-state index in [-0.39, 0.29) is 11.3 Å². The van der Waals surface area contributed by atoms with E-state index in [0.29, 0.717) is 10.7 Å². The molecule has 1 aromatic heterocycles. The largest absolute Gasteiger partial charge is 0.398 e. The second-order valence-electron chi connectivity index (χ2n) is 3.46. The van der Waals surface area contributed by atoms with Gasteiger partial charge in [0.05, 0.1) is 0 Å². The van der Waals surface area contributed by atoms with Crippen LogP contribution >= 0.6 is 11.3 Å². The van der Waals surface area contributed by atoms with E-state index < -0.39 is 11.7 Å². The molecule has 0 bridgehead atoms. The minimum Gasteiger partial charge on any atom is -0.398 e. The third kappa shape index (κ3) is 2.42. The highest BCUT2D eigenvalue weighted by atomic mass is 32.1. The molecule has 0 saturated carbocycles. The van der Waals surface area contributed by atoms with Crippen LogP contribution in [0.4, 0.5) is 15.2 Å². The fraction of sp³-hybridized carbons (Fsp3) is 0.0909. The van der Waals surface area contributed by atoms with E-state index in [9.17, 15) is 9.18 Å². The van der Waals surface area contributed by atoms with Gasteiger partial charge in [-0.25, -0.2) is 9.37 Å². The number of nitrogen functional groups attached to an aromatic ring is 1. The predicted octanol–water partition coefficient (Wildman–Crippen LogP) is 2.43. The smallest absolute Gasteiger partial charge is 0.257 e. The molecule has 0 fully saturated rings. The molecule has 0 saturated heterocycles. The first-order chi connectivity index (χ1) is 8.08. The van der Waals surface area contributed by atoms with E-state index in [2.05, 4.69) is 10.3 Å². The summed E-state index contributed by atoms with van der Waals surface area (Å²) in [7, 11) is 0. The number of nitrogens with one attached hydrogen (secondary N) is 1. The summed E-state index contributed by atoms with van der Waals surface area (Å²) in [4.78, 5) is 15.7. The summed E-state index contributed by atoms with van der Waals surface area (Å²) in [5.74, 6) is -0.917. The van der Waals surface area contributed by atoms with Crippen LogP contribution in [0.25, 0.3) is 0 Å². The van der Waals surface area contributed by atoms with Crippen molar-refractivity contribution < 1.29 is 9.18 Å². The number of rotatable bonds is 2. The lowest BCUT2D eigenvalue weighted by Gasteiger charge is -2.06. The zero-order chi connectivity index (χ0) is 12.4. The van der Waals surface area contributed by atoms with E-state index in [4.69, 9.17) is 5.73 Å². The van der Waals surface area contributed by atoms with Crippen molar-refractivity contribution in [1.82, 2.24) is 4.98 Å². The second-order valence-corrected chi connectivity index (χ2v) is 4.36. The van der Waals surface area contributed by atoms with Crippen molar-refractivity contribution >= 4 is 28.1 Å². The molecule has 6 heteroatoms. The second kappa shape index (κ2) is 4.50. The molecule has 0 spiro atoms. The maximum absolute atomic E-state index is 13.4. The number of benzene rings is 1. The summed E-state index contributed by atoms with van der Waals surface area (Å²) >= 11 is 1.29. The average Bonchev–Trinajstić information content (AvgIpc) is 2.77. The van der Waals surface area contributed by atoms with Crippen LogP contribution in [0, 0.1) is 12.7 Å². The van der Waals surface area contributed by atoms with Gasteiger partial charge in [-0.2, -0.15) is 0 Å². The monoisotopic (exact) mass is 251 g/mol. The van der Waals surface area contributed by atoms with Gasteiger partial charge in [0.2, 0.25) is 0 Å². The first-order valence-corrected chi connectivity index (χ1v) is 5.72. The molecule has 3 N–H and O–H groups in total. The lowest BCUT2D eigenvalue weighted by atomic mass is 10.1. The average molecular weight is 251 g/mol. The van der Waals surface area contributed by atoms with Crippen LogP contribution in [0.15, 0.2) is 23.7 Å². The van der Waals surface area contributed by atoms with E-state index in [1.807, 2.05) is 0 Å². The molecule has 2 aromatic rings. The SMILES string of the molecule is Cc1c(N)cc(C(=O)Nc2nccs2)cc1F. The van der Waals surface area contributed by atoms with Crippen LogP contribution in [0.2, 0.25) is 0 Å². The molecular weight excluding hydrogens is 241 g/mol. The topological polar surface area (TPSA) is 68.0 Å². The molecule has 1 amide bonds. The van der Waals surface area contributed by atoms with E-state index in [1.54, 1.807) is 18.5 Å². The summed E-state index contributed by atoms with van der Waals surface area (Å²) in [6.07, 6.45) is 1.57. The Morgan fingerprint density at radius 3 is 2.88 bits per heavy atom. The molecule has 1 aromatic carbocycles. The standard InChI is InChI=1S/C11H10FN3OS/c1-6-8(12)4-7(5-9(6)13)10(16)15-11-14-2-3-17-11/h2-5H,13H2,1H3,(H,14,15,16). The summed E-state index contributed by atoms with van der Waals surface area (Å²) in [5.41, 5.74) is 6.38. The van der Waals surface area contributed by atoms with Gasteiger partial charge >= 0.3 is 0 Å². The van der Waals surface area contributed by atoms with Crippen LogP contribution in [0.5, 0.6) is 0 Å². The van der Waals surface area contributed by atoms with Gasteiger partial charge in [-0.3, -0.25) is 10.1 Å². The third-order valence-corrected chi connectivity index (χ3v) is 2.99. The number of thiazole rings is 1. The molecule has 2 rings (SSSR count). The molecule has 0 atom stereocenters. The Kier molecular flexibility index (Phi) is 3.06. The number of hydrogen-bond acceptors (Lipinski definition) is 4. The van der Waals surface area contributed by atoms with Crippen molar-refractivity contribution in [2.75, 3.05) is 11.1 Å². The number of amides is 1. The molecule has 1 heterocycles. The van der Waals surface area contributed by atoms with Gasteiger partial charge in [-0.15, -0.1) is 11.3 Å². The molecule has 0 unspecified atom stereocenters. The number of hydrogen-bond donors (Lipinski definition) is 2. The highest BCUT2D eigenvalue weighted by Gasteiger charge is 2.12. The van der Waals surface area contributed by atoms with Crippen molar-refractivity contribution in [3.8, 4) is 0 Å². The highest BCUT2D eigenvalue weighted by molar-refractivity contribution is 7.13. The molecule has 0 aliphatic heterocycles. The normalized spacial score (nSPS) is 10.2. The van der Waals surface area contributed by atoms with Crippen molar-refractivity contribution in [3.63, 3.8) is 0 Å². The molecular formula is C11H10FN3OS. The number of halogens is 1. The zero-order valence-electron chi connectivity index (χ0n) is 9.03. The maximum Gasteiger partial charge on any atom is 0.257 e. The van der Waals surface area contributed by atoms with Crippen molar-refractivity contribution in [2.24, 2.45) is 0 Å². The van der Waals surface area contributed by atoms with Gasteiger partial charge in [0.1, 0.15) is 5.82 Å². The molecule has 0 aliphatic rings. The van der Waals surface area contributed by atoms with Gasteiger partial charge in [-0.1, -0.05) is 0 Å². The van der Waals surface area contributed by atoms with Gasteiger partial charge in [-0.05, 0) is 19.1 Å². The van der Waals surface area contributed by atoms with Crippen LogP contribution in [-0.2, 0) is 0 Å². The van der Waals surface area contributed by atoms with Gasteiger partial charge < -0.3 is 5.73 Å². The quantitative estimate of drug-likeness (QED) is 0.805. The van der Waals surface area contributed by atoms with Gasteiger partial charge in [0, 0.05) is 28.4 Å². The van der Waals surface area contributed by atoms with E-state index in [0.717, 1.165) is 6.07 Å². The Morgan fingerprint density at radius 1 is 1.53 bits per heavy atom. The third-order valence-electron chi connectivity index (χ3n) is 2.30. The number of carbonyl (C=O) groups excluding carboxylic acids is 1. The summed E-state index contributed by atoms with van der Waals surface area (Å²) in [6, 6.07) is 2.61. The lowest BCUT2D eigenvalue weighted by molar-refractivity contribution is 0.102. The summed E-state index contributed by atoms with van der Waals surface area (Å²) in [6.45, 7) is 1.56. The van der Waals surface area contributed by atoms with Crippen LogP contribution in [0.3, 0.4) is 0 Å². The Balaban J connectivity index is 2.26. The Labute approximate surface area is 101 Å². The van der Waals surface area contributed by atoms with E-state index in [1.165, 1.54) is 17.4 Å². The number of aromatic nitrogens is 1. The fourth-order valence-electron chi connectivity index (χ4n) is 1.29. The first-order valence-electron chi connectivity index (χ1n) is 4.84. The van der Waals surface area contributed by atoms with Crippen LogP contribution in [0.1, 0.15) is 15.9 Å². The lowest BCUT2D eigenvalue weighted by Crippen LogP contribution is -2.13. The maximum atomic E-state index is 13.4. The summed E-state index contributed by atoms with van der Waals surface area (Å²) < 4.78 is 13.4. The molecule has 0 aliphatic carbocycles. The number of anilines is 2. The Bertz CT molecular complexity index is 531. The number of nitrogens with two attached hydrogens (primary N) is 1. The first kappa shape index (κ1) is 11.5. The predicted molar refractivity (Wildman–Crippen MR) is 65.6 cm³/mol. The number of nitrogens with zero attached hydrogens (tertiary/aromatic N) is 1. The Morgan fingerprint density at radius 2 is 2.29 bits per heavy atom.